The first kappa shape index (κ1) is 17.1. The Hall–Kier alpha value is -3.34. The highest BCUT2D eigenvalue weighted by molar-refractivity contribution is 5.79. The van der Waals surface area contributed by atoms with E-state index >= 15 is 0 Å². The van der Waals surface area contributed by atoms with Crippen LogP contribution in [0.5, 0.6) is 5.75 Å². The summed E-state index contributed by atoms with van der Waals surface area (Å²) in [5.41, 5.74) is 10.7. The van der Waals surface area contributed by atoms with Gasteiger partial charge in [0.05, 0.1) is 12.2 Å². The predicted octanol–water partition coefficient (Wildman–Crippen LogP) is 3.86. The van der Waals surface area contributed by atoms with Crippen LogP contribution in [0.25, 0.3) is 23.3 Å². The van der Waals surface area contributed by atoms with Gasteiger partial charge in [-0.2, -0.15) is 5.10 Å². The maximum absolute atomic E-state index is 12.3. The monoisotopic (exact) mass is 359 g/mol. The molecule has 0 amide bonds. The minimum absolute atomic E-state index is 0.116. The van der Waals surface area contributed by atoms with Crippen molar-refractivity contribution in [3.63, 3.8) is 0 Å². The molecule has 0 unspecified atom stereocenters. The number of nitrogens with one attached hydrogen (secondary N) is 1. The van der Waals surface area contributed by atoms with E-state index in [1.54, 1.807) is 12.3 Å². The second kappa shape index (κ2) is 6.43. The van der Waals surface area contributed by atoms with E-state index in [2.05, 4.69) is 30.1 Å². The molecule has 27 heavy (non-hydrogen) atoms. The van der Waals surface area contributed by atoms with Crippen molar-refractivity contribution in [2.45, 2.75) is 19.3 Å². The van der Waals surface area contributed by atoms with E-state index in [0.29, 0.717) is 12.2 Å². The topological polar surface area (TPSA) is 81.0 Å². The molecule has 0 aliphatic carbocycles. The quantitative estimate of drug-likeness (QED) is 0.550. The standard InChI is InChI=1S/C22H21N3O2/c1-22(2)13-27-20-18(17-9-10-24-25-21(17)26)11-15(12-19(20)22)4-3-14-5-7-16(23)8-6-14/h3-12H,13,23H2,1-2H3,(H,25,26)/b4-3+. The number of fused-ring (bicyclic) bond motifs is 1. The molecular formula is C22H21N3O2. The largest absolute Gasteiger partial charge is 0.492 e. The number of aromatic amines is 1. The van der Waals surface area contributed by atoms with Crippen LogP contribution < -0.4 is 16.0 Å². The third-order valence-electron chi connectivity index (χ3n) is 4.84. The molecule has 0 fully saturated rings. The molecule has 0 atom stereocenters. The van der Waals surface area contributed by atoms with Gasteiger partial charge < -0.3 is 10.5 Å². The number of nitrogen functional groups attached to an aromatic ring is 1. The average Bonchev–Trinajstić information content (AvgIpc) is 2.96. The lowest BCUT2D eigenvalue weighted by Gasteiger charge is -2.16. The Labute approximate surface area is 157 Å². The molecule has 1 aliphatic heterocycles. The summed E-state index contributed by atoms with van der Waals surface area (Å²) < 4.78 is 5.97. The molecule has 1 aliphatic rings. The fraction of sp³-hybridized carbons (Fsp3) is 0.182. The van der Waals surface area contributed by atoms with Crippen molar-refractivity contribution >= 4 is 17.8 Å². The molecule has 0 bridgehead atoms. The Morgan fingerprint density at radius 1 is 1.07 bits per heavy atom. The molecule has 1 aromatic heterocycles. The third kappa shape index (κ3) is 3.24. The SMILES string of the molecule is CC1(C)COc2c(-c3ccn[nH]c3=O)cc(/C=C/c3ccc(N)cc3)cc21. The number of benzene rings is 2. The van der Waals surface area contributed by atoms with Crippen molar-refractivity contribution in [2.24, 2.45) is 0 Å². The minimum Gasteiger partial charge on any atom is -0.492 e. The van der Waals surface area contributed by atoms with Gasteiger partial charge in [-0.15, -0.1) is 0 Å². The molecule has 2 aromatic carbocycles. The maximum atomic E-state index is 12.3. The number of ether oxygens (including phenoxy) is 1. The van der Waals surface area contributed by atoms with Crippen molar-refractivity contribution < 1.29 is 4.74 Å². The van der Waals surface area contributed by atoms with Gasteiger partial charge in [-0.1, -0.05) is 38.1 Å². The maximum Gasteiger partial charge on any atom is 0.272 e. The lowest BCUT2D eigenvalue weighted by molar-refractivity contribution is 0.292. The number of anilines is 1. The lowest BCUT2D eigenvalue weighted by atomic mass is 9.84. The molecule has 0 saturated heterocycles. The molecule has 0 saturated carbocycles. The zero-order valence-corrected chi connectivity index (χ0v) is 15.3. The predicted molar refractivity (Wildman–Crippen MR) is 109 cm³/mol. The third-order valence-corrected chi connectivity index (χ3v) is 4.84. The van der Waals surface area contributed by atoms with Crippen LogP contribution in [0.1, 0.15) is 30.5 Å². The first-order valence-corrected chi connectivity index (χ1v) is 8.83. The highest BCUT2D eigenvalue weighted by Gasteiger charge is 2.34. The Kier molecular flexibility index (Phi) is 4.07. The number of rotatable bonds is 3. The van der Waals surface area contributed by atoms with E-state index in [1.165, 1.54) is 0 Å². The molecule has 5 heteroatoms. The summed E-state index contributed by atoms with van der Waals surface area (Å²) in [5.74, 6) is 0.779. The number of hydrogen-bond donors (Lipinski definition) is 2. The number of H-pyrrole nitrogens is 1. The van der Waals surface area contributed by atoms with Gasteiger partial charge in [0.25, 0.3) is 5.56 Å². The summed E-state index contributed by atoms with van der Waals surface area (Å²) in [7, 11) is 0. The van der Waals surface area contributed by atoms with Crippen LogP contribution in [0.2, 0.25) is 0 Å². The van der Waals surface area contributed by atoms with Gasteiger partial charge in [-0.25, -0.2) is 5.10 Å². The number of nitrogens with zero attached hydrogens (tertiary/aromatic N) is 1. The van der Waals surface area contributed by atoms with Crippen LogP contribution in [-0.4, -0.2) is 16.8 Å². The lowest BCUT2D eigenvalue weighted by Crippen LogP contribution is -2.18. The van der Waals surface area contributed by atoms with E-state index in [0.717, 1.165) is 33.7 Å². The van der Waals surface area contributed by atoms with Gasteiger partial charge in [0.15, 0.2) is 0 Å². The second-order valence-electron chi connectivity index (χ2n) is 7.42. The molecule has 3 aromatic rings. The number of aromatic nitrogens is 2. The Balaban J connectivity index is 1.84. The van der Waals surface area contributed by atoms with Gasteiger partial charge in [-0.05, 0) is 41.5 Å². The Bertz CT molecular complexity index is 1080. The van der Waals surface area contributed by atoms with Crippen molar-refractivity contribution in [3.05, 3.63) is 75.7 Å². The van der Waals surface area contributed by atoms with Gasteiger partial charge in [-0.3, -0.25) is 4.79 Å². The van der Waals surface area contributed by atoms with Crippen LogP contribution in [0.3, 0.4) is 0 Å². The van der Waals surface area contributed by atoms with Crippen molar-refractivity contribution in [3.8, 4) is 16.9 Å². The van der Waals surface area contributed by atoms with Crippen LogP contribution in [-0.2, 0) is 5.41 Å². The van der Waals surface area contributed by atoms with Gasteiger partial charge in [0, 0.05) is 28.4 Å². The van der Waals surface area contributed by atoms with Gasteiger partial charge in [0.2, 0.25) is 0 Å². The van der Waals surface area contributed by atoms with Crippen LogP contribution >= 0.6 is 0 Å². The normalized spacial score (nSPS) is 14.9. The highest BCUT2D eigenvalue weighted by Crippen LogP contribution is 2.44. The first-order valence-electron chi connectivity index (χ1n) is 8.83. The summed E-state index contributed by atoms with van der Waals surface area (Å²) in [6.07, 6.45) is 5.66. The molecular weight excluding hydrogens is 338 g/mol. The second-order valence-corrected chi connectivity index (χ2v) is 7.42. The Morgan fingerprint density at radius 2 is 1.81 bits per heavy atom. The molecule has 4 rings (SSSR count). The fourth-order valence-electron chi connectivity index (χ4n) is 3.29. The zero-order valence-electron chi connectivity index (χ0n) is 15.3. The van der Waals surface area contributed by atoms with Gasteiger partial charge >= 0.3 is 0 Å². The molecule has 136 valence electrons. The first-order chi connectivity index (χ1) is 12.9. The van der Waals surface area contributed by atoms with E-state index in [1.807, 2.05) is 42.5 Å². The van der Waals surface area contributed by atoms with Crippen molar-refractivity contribution in [2.75, 3.05) is 12.3 Å². The average molecular weight is 359 g/mol. The number of nitrogens with two attached hydrogens (primary N) is 1. The summed E-state index contributed by atoms with van der Waals surface area (Å²) in [5, 5.41) is 6.30. The van der Waals surface area contributed by atoms with E-state index < -0.39 is 0 Å². The van der Waals surface area contributed by atoms with Crippen LogP contribution in [0, 0.1) is 0 Å². The zero-order chi connectivity index (χ0) is 19.0. The van der Waals surface area contributed by atoms with Crippen LogP contribution in [0.4, 0.5) is 5.69 Å². The molecule has 0 spiro atoms. The smallest absolute Gasteiger partial charge is 0.272 e. The fourth-order valence-corrected chi connectivity index (χ4v) is 3.29. The summed E-state index contributed by atoms with van der Waals surface area (Å²) in [6.45, 7) is 4.88. The van der Waals surface area contributed by atoms with Gasteiger partial charge in [0.1, 0.15) is 5.75 Å². The van der Waals surface area contributed by atoms with E-state index in [4.69, 9.17) is 10.5 Å². The van der Waals surface area contributed by atoms with E-state index in [-0.39, 0.29) is 11.0 Å². The summed E-state index contributed by atoms with van der Waals surface area (Å²) >= 11 is 0. The summed E-state index contributed by atoms with van der Waals surface area (Å²) in [4.78, 5) is 12.3. The van der Waals surface area contributed by atoms with Crippen molar-refractivity contribution in [1.82, 2.24) is 10.2 Å². The van der Waals surface area contributed by atoms with E-state index in [9.17, 15) is 4.79 Å². The molecule has 5 nitrogen and oxygen atoms in total. The molecule has 2 heterocycles. The molecule has 3 N–H and O–H groups in total. The van der Waals surface area contributed by atoms with Crippen molar-refractivity contribution in [1.29, 1.82) is 0 Å². The summed E-state index contributed by atoms with van der Waals surface area (Å²) in [6, 6.07) is 13.5. The van der Waals surface area contributed by atoms with Crippen LogP contribution in [0.15, 0.2) is 53.5 Å². The Morgan fingerprint density at radius 3 is 2.56 bits per heavy atom. The molecule has 0 radical (unpaired) electrons. The number of hydrogen-bond acceptors (Lipinski definition) is 4. The highest BCUT2D eigenvalue weighted by atomic mass is 16.5. The minimum atomic E-state index is -0.229.